The number of carboxylic acid groups (broad SMARTS) is 1. The Morgan fingerprint density at radius 2 is 1.50 bits per heavy atom. The van der Waals surface area contributed by atoms with Crippen molar-refractivity contribution in [2.24, 2.45) is 0 Å². The molecule has 8 nitrogen and oxygen atoms in total. The molecule has 2 rings (SSSR count). The molecule has 0 aliphatic carbocycles. The summed E-state index contributed by atoms with van der Waals surface area (Å²) in [7, 11) is -3.83. The van der Waals surface area contributed by atoms with Gasteiger partial charge in [-0.1, -0.05) is 108 Å². The SMILES string of the molecule is CCCCCCCCCCCCCCCc1cccc(OCCCCNS(=O)(=O)c2ccc(Cl)c(N/C(=C/OCC)C(=O)O)c2)c1. The molecular formula is C36H55ClN2O6S. The van der Waals surface area contributed by atoms with Crippen LogP contribution >= 0.6 is 11.6 Å². The van der Waals surface area contributed by atoms with Gasteiger partial charge < -0.3 is 19.9 Å². The first-order valence-corrected chi connectivity index (χ1v) is 19.0. The number of benzene rings is 2. The fourth-order valence-electron chi connectivity index (χ4n) is 5.06. The van der Waals surface area contributed by atoms with Crippen LogP contribution in [-0.4, -0.2) is 39.3 Å². The van der Waals surface area contributed by atoms with E-state index in [-0.39, 0.29) is 34.5 Å². The fraction of sp³-hybridized carbons (Fsp3) is 0.583. The average Bonchev–Trinajstić information content (AvgIpc) is 3.04. The molecule has 0 aromatic heterocycles. The Labute approximate surface area is 282 Å². The zero-order valence-electron chi connectivity index (χ0n) is 27.8. The summed E-state index contributed by atoms with van der Waals surface area (Å²) < 4.78 is 39.3. The van der Waals surface area contributed by atoms with Gasteiger partial charge in [-0.3, -0.25) is 0 Å². The molecule has 2 aromatic rings. The Balaban J connectivity index is 1.63. The summed E-state index contributed by atoms with van der Waals surface area (Å²) in [5.74, 6) is -0.423. The van der Waals surface area contributed by atoms with Crippen molar-refractivity contribution in [2.75, 3.05) is 25.1 Å². The Morgan fingerprint density at radius 1 is 0.848 bits per heavy atom. The van der Waals surface area contributed by atoms with Gasteiger partial charge in [-0.05, 0) is 68.5 Å². The van der Waals surface area contributed by atoms with Crippen molar-refractivity contribution < 1.29 is 27.8 Å². The third kappa shape index (κ3) is 16.7. The summed E-state index contributed by atoms with van der Waals surface area (Å²) in [6.07, 6.45) is 21.0. The van der Waals surface area contributed by atoms with E-state index in [1.165, 1.54) is 107 Å². The molecule has 0 heterocycles. The smallest absolute Gasteiger partial charge is 0.355 e. The van der Waals surface area contributed by atoms with Crippen molar-refractivity contribution >= 4 is 33.3 Å². The number of sulfonamides is 1. The highest BCUT2D eigenvalue weighted by molar-refractivity contribution is 7.89. The molecule has 0 spiro atoms. The summed E-state index contributed by atoms with van der Waals surface area (Å²) in [6.45, 7) is 4.99. The van der Waals surface area contributed by atoms with Crippen molar-refractivity contribution in [3.63, 3.8) is 0 Å². The van der Waals surface area contributed by atoms with E-state index in [1.54, 1.807) is 6.92 Å². The predicted molar refractivity (Wildman–Crippen MR) is 188 cm³/mol. The summed E-state index contributed by atoms with van der Waals surface area (Å²) in [4.78, 5) is 11.4. The Morgan fingerprint density at radius 3 is 2.13 bits per heavy atom. The number of aryl methyl sites for hydroxylation is 1. The van der Waals surface area contributed by atoms with Crippen molar-refractivity contribution in [1.82, 2.24) is 4.72 Å². The lowest BCUT2D eigenvalue weighted by molar-refractivity contribution is -0.132. The summed E-state index contributed by atoms with van der Waals surface area (Å²) in [5, 5.41) is 12.2. The number of carboxylic acids is 1. The lowest BCUT2D eigenvalue weighted by Crippen LogP contribution is -2.25. The highest BCUT2D eigenvalue weighted by atomic mass is 35.5. The van der Waals surface area contributed by atoms with Crippen molar-refractivity contribution in [2.45, 2.75) is 121 Å². The van der Waals surface area contributed by atoms with Crippen LogP contribution in [0.4, 0.5) is 5.69 Å². The first kappa shape index (κ1) is 39.4. The van der Waals surface area contributed by atoms with Crippen molar-refractivity contribution in [1.29, 1.82) is 0 Å². The molecule has 0 saturated carbocycles. The number of ether oxygens (including phenoxy) is 2. The summed E-state index contributed by atoms with van der Waals surface area (Å²) in [6, 6.07) is 12.3. The quantitative estimate of drug-likeness (QED) is 0.0490. The second kappa shape index (κ2) is 23.6. The number of anilines is 1. The number of halogens is 1. The van der Waals surface area contributed by atoms with Gasteiger partial charge in [-0.25, -0.2) is 17.9 Å². The molecule has 258 valence electrons. The first-order chi connectivity index (χ1) is 22.3. The van der Waals surface area contributed by atoms with Gasteiger partial charge in [-0.2, -0.15) is 0 Å². The minimum absolute atomic E-state index is 0.0305. The van der Waals surface area contributed by atoms with Crippen LogP contribution in [0.1, 0.15) is 116 Å². The average molecular weight is 679 g/mol. The number of hydrogen-bond acceptors (Lipinski definition) is 6. The number of aliphatic carboxylic acids is 1. The Kier molecular flexibility index (Phi) is 20.2. The third-order valence-electron chi connectivity index (χ3n) is 7.72. The highest BCUT2D eigenvalue weighted by Crippen LogP contribution is 2.27. The lowest BCUT2D eigenvalue weighted by Gasteiger charge is -2.12. The predicted octanol–water partition coefficient (Wildman–Crippen LogP) is 9.49. The maximum atomic E-state index is 12.8. The van der Waals surface area contributed by atoms with Gasteiger partial charge in [0.25, 0.3) is 0 Å². The Hall–Kier alpha value is -2.75. The largest absolute Gasteiger partial charge is 0.499 e. The molecule has 2 aromatic carbocycles. The van der Waals surface area contributed by atoms with Gasteiger partial charge in [-0.15, -0.1) is 0 Å². The number of rotatable bonds is 27. The number of unbranched alkanes of at least 4 members (excludes halogenated alkanes) is 13. The van der Waals surface area contributed by atoms with Gasteiger partial charge in [0, 0.05) is 6.54 Å². The van der Waals surface area contributed by atoms with E-state index >= 15 is 0 Å². The van der Waals surface area contributed by atoms with Crippen LogP contribution in [0, 0.1) is 0 Å². The lowest BCUT2D eigenvalue weighted by atomic mass is 10.0. The highest BCUT2D eigenvalue weighted by Gasteiger charge is 2.17. The molecule has 3 N–H and O–H groups in total. The first-order valence-electron chi connectivity index (χ1n) is 17.1. The van der Waals surface area contributed by atoms with E-state index in [0.717, 1.165) is 18.4 Å². The van der Waals surface area contributed by atoms with Crippen LogP contribution in [0.25, 0.3) is 0 Å². The molecule has 0 unspecified atom stereocenters. The number of carbonyl (C=O) groups is 1. The van der Waals surface area contributed by atoms with Gasteiger partial charge in [0.15, 0.2) is 5.70 Å². The molecule has 0 aliphatic heterocycles. The molecule has 0 saturated heterocycles. The zero-order chi connectivity index (χ0) is 33.5. The maximum Gasteiger partial charge on any atom is 0.355 e. The molecular weight excluding hydrogens is 624 g/mol. The van der Waals surface area contributed by atoms with Crippen LogP contribution in [0.2, 0.25) is 5.02 Å². The van der Waals surface area contributed by atoms with Crippen LogP contribution < -0.4 is 14.8 Å². The molecule has 0 fully saturated rings. The zero-order valence-corrected chi connectivity index (χ0v) is 29.4. The summed E-state index contributed by atoms with van der Waals surface area (Å²) in [5.41, 5.74) is 1.16. The molecule has 0 bridgehead atoms. The monoisotopic (exact) mass is 678 g/mol. The molecule has 10 heteroatoms. The molecule has 0 atom stereocenters. The fourth-order valence-corrected chi connectivity index (χ4v) is 6.32. The third-order valence-corrected chi connectivity index (χ3v) is 9.50. The van der Waals surface area contributed by atoms with Gasteiger partial charge in [0.1, 0.15) is 12.0 Å². The minimum atomic E-state index is -3.83. The van der Waals surface area contributed by atoms with Crippen molar-refractivity contribution in [3.05, 3.63) is 65.0 Å². The van der Waals surface area contributed by atoms with E-state index in [4.69, 9.17) is 21.1 Å². The molecule has 0 aliphatic rings. The number of nitrogens with one attached hydrogen (secondary N) is 2. The van der Waals surface area contributed by atoms with Crippen LogP contribution in [0.3, 0.4) is 0 Å². The second-order valence-corrected chi connectivity index (χ2v) is 13.8. The van der Waals surface area contributed by atoms with Gasteiger partial charge in [0.2, 0.25) is 10.0 Å². The number of hydrogen-bond donors (Lipinski definition) is 3. The topological polar surface area (TPSA) is 114 Å². The van der Waals surface area contributed by atoms with E-state index in [2.05, 4.69) is 29.1 Å². The molecule has 0 amide bonds. The van der Waals surface area contributed by atoms with Gasteiger partial charge in [0.05, 0.1) is 28.8 Å². The normalized spacial score (nSPS) is 11.8. The van der Waals surface area contributed by atoms with Crippen molar-refractivity contribution in [3.8, 4) is 5.75 Å². The van der Waals surface area contributed by atoms with Gasteiger partial charge >= 0.3 is 5.97 Å². The Bertz CT molecular complexity index is 1290. The molecule has 46 heavy (non-hydrogen) atoms. The minimum Gasteiger partial charge on any atom is -0.499 e. The van der Waals surface area contributed by atoms with Crippen LogP contribution in [-0.2, 0) is 26.0 Å². The van der Waals surface area contributed by atoms with E-state index in [0.29, 0.717) is 19.4 Å². The maximum absolute atomic E-state index is 12.8. The standard InChI is InChI=1S/C36H55ClN2O6S/c1-3-5-6-7-8-9-10-11-12-13-14-15-16-20-30-21-19-22-31(27-30)45-26-18-17-25-38-46(42,43)32-23-24-33(37)34(28-32)39-35(36(40)41)29-44-4-2/h19,21-24,27-29,38-39H,3-18,20,25-26H2,1-2H3,(H,40,41)/b35-29+. The van der Waals surface area contributed by atoms with Crippen LogP contribution in [0.15, 0.2) is 59.3 Å². The summed E-state index contributed by atoms with van der Waals surface area (Å²) >= 11 is 6.17. The van der Waals surface area contributed by atoms with Crippen LogP contribution in [0.5, 0.6) is 5.75 Å². The van der Waals surface area contributed by atoms with E-state index in [9.17, 15) is 18.3 Å². The molecule has 0 radical (unpaired) electrons. The second-order valence-electron chi connectivity index (χ2n) is 11.7. The van der Waals surface area contributed by atoms with E-state index in [1.807, 2.05) is 12.1 Å². The van der Waals surface area contributed by atoms with E-state index < -0.39 is 16.0 Å².